The Morgan fingerprint density at radius 3 is 2.38 bits per heavy atom. The maximum Gasteiger partial charge on any atom is 0.239 e. The van der Waals surface area contributed by atoms with Gasteiger partial charge in [-0.1, -0.05) is 26.7 Å². The summed E-state index contributed by atoms with van der Waals surface area (Å²) >= 11 is 0. The maximum absolute atomic E-state index is 11.9. The summed E-state index contributed by atoms with van der Waals surface area (Å²) < 4.78 is 0. The van der Waals surface area contributed by atoms with E-state index in [1.54, 1.807) is 11.9 Å². The van der Waals surface area contributed by atoms with Crippen molar-refractivity contribution in [2.75, 3.05) is 13.6 Å². The molecule has 1 rings (SSSR count). The predicted octanol–water partition coefficient (Wildman–Crippen LogP) is 0.733. The first kappa shape index (κ1) is 13.5. The van der Waals surface area contributed by atoms with Crippen molar-refractivity contribution in [3.05, 3.63) is 0 Å². The number of nitrogens with zero attached hydrogens (tertiary/aromatic N) is 1. The fraction of sp³-hybridized carbons (Fsp3) is 0.917. The number of carbonyl (C=O) groups is 1. The van der Waals surface area contributed by atoms with Gasteiger partial charge in [-0.3, -0.25) is 4.79 Å². The van der Waals surface area contributed by atoms with E-state index in [1.807, 2.05) is 13.8 Å². The van der Waals surface area contributed by atoms with Crippen molar-refractivity contribution >= 4 is 5.91 Å². The second-order valence-electron chi connectivity index (χ2n) is 5.40. The SMILES string of the molecule is CC(C)C(N)C(=O)N(C)CC1(O)CCCC1. The van der Waals surface area contributed by atoms with E-state index < -0.39 is 11.6 Å². The van der Waals surface area contributed by atoms with Crippen molar-refractivity contribution in [2.45, 2.75) is 51.2 Å². The highest BCUT2D eigenvalue weighted by Crippen LogP contribution is 2.30. The van der Waals surface area contributed by atoms with Crippen LogP contribution in [-0.2, 0) is 4.79 Å². The Morgan fingerprint density at radius 2 is 1.94 bits per heavy atom. The van der Waals surface area contributed by atoms with Gasteiger partial charge in [-0.05, 0) is 18.8 Å². The lowest BCUT2D eigenvalue weighted by Crippen LogP contribution is -2.49. The standard InChI is InChI=1S/C12H24N2O2/c1-9(2)10(13)11(15)14(3)8-12(16)6-4-5-7-12/h9-10,16H,4-8,13H2,1-3H3. The van der Waals surface area contributed by atoms with Crippen LogP contribution in [0.4, 0.5) is 0 Å². The largest absolute Gasteiger partial charge is 0.388 e. The van der Waals surface area contributed by atoms with Gasteiger partial charge in [-0.15, -0.1) is 0 Å². The molecule has 0 bridgehead atoms. The fourth-order valence-corrected chi connectivity index (χ4v) is 2.25. The molecule has 0 spiro atoms. The summed E-state index contributed by atoms with van der Waals surface area (Å²) in [5.74, 6) is 0.0588. The predicted molar refractivity (Wildman–Crippen MR) is 63.9 cm³/mol. The lowest BCUT2D eigenvalue weighted by Gasteiger charge is -2.31. The molecule has 0 aromatic carbocycles. The number of aliphatic hydroxyl groups is 1. The number of carbonyl (C=O) groups excluding carboxylic acids is 1. The summed E-state index contributed by atoms with van der Waals surface area (Å²) in [6, 6.07) is -0.463. The highest BCUT2D eigenvalue weighted by molar-refractivity contribution is 5.81. The van der Waals surface area contributed by atoms with Gasteiger partial charge in [0.25, 0.3) is 0 Å². The third-order valence-electron chi connectivity index (χ3n) is 3.45. The Kier molecular flexibility index (Phi) is 4.33. The molecule has 1 atom stereocenters. The van der Waals surface area contributed by atoms with Crippen LogP contribution in [-0.4, -0.2) is 41.1 Å². The molecule has 94 valence electrons. The minimum atomic E-state index is -0.679. The quantitative estimate of drug-likeness (QED) is 0.745. The fourth-order valence-electron chi connectivity index (χ4n) is 2.25. The van der Waals surface area contributed by atoms with Crippen molar-refractivity contribution < 1.29 is 9.90 Å². The Morgan fingerprint density at radius 1 is 1.44 bits per heavy atom. The van der Waals surface area contributed by atoms with E-state index in [2.05, 4.69) is 0 Å². The van der Waals surface area contributed by atoms with Crippen LogP contribution < -0.4 is 5.73 Å². The summed E-state index contributed by atoms with van der Waals surface area (Å²) in [7, 11) is 1.72. The van der Waals surface area contributed by atoms with E-state index in [4.69, 9.17) is 5.73 Å². The van der Waals surface area contributed by atoms with E-state index in [-0.39, 0.29) is 11.8 Å². The molecule has 1 aliphatic carbocycles. The van der Waals surface area contributed by atoms with Gasteiger partial charge >= 0.3 is 0 Å². The van der Waals surface area contributed by atoms with Crippen LogP contribution in [0, 0.1) is 5.92 Å². The zero-order valence-corrected chi connectivity index (χ0v) is 10.6. The molecule has 0 aliphatic heterocycles. The molecule has 1 aliphatic rings. The van der Waals surface area contributed by atoms with E-state index in [0.29, 0.717) is 6.54 Å². The van der Waals surface area contributed by atoms with Crippen LogP contribution >= 0.6 is 0 Å². The van der Waals surface area contributed by atoms with Crippen LogP contribution in [0.2, 0.25) is 0 Å². The van der Waals surface area contributed by atoms with E-state index >= 15 is 0 Å². The second-order valence-corrected chi connectivity index (χ2v) is 5.40. The van der Waals surface area contributed by atoms with Gasteiger partial charge in [-0.25, -0.2) is 0 Å². The van der Waals surface area contributed by atoms with Crippen molar-refractivity contribution in [2.24, 2.45) is 11.7 Å². The van der Waals surface area contributed by atoms with Crippen LogP contribution in [0.3, 0.4) is 0 Å². The van der Waals surface area contributed by atoms with Crippen molar-refractivity contribution in [1.82, 2.24) is 4.90 Å². The average Bonchev–Trinajstić information content (AvgIpc) is 2.62. The van der Waals surface area contributed by atoms with E-state index in [9.17, 15) is 9.90 Å². The lowest BCUT2D eigenvalue weighted by atomic mass is 10.00. The zero-order chi connectivity index (χ0) is 12.3. The molecule has 1 unspecified atom stereocenters. The molecule has 1 fully saturated rings. The van der Waals surface area contributed by atoms with Crippen LogP contribution in [0.15, 0.2) is 0 Å². The Bertz CT molecular complexity index is 247. The topological polar surface area (TPSA) is 66.6 Å². The third kappa shape index (κ3) is 3.19. The van der Waals surface area contributed by atoms with E-state index in [1.165, 1.54) is 0 Å². The first-order valence-corrected chi connectivity index (χ1v) is 6.09. The van der Waals surface area contributed by atoms with Gasteiger partial charge < -0.3 is 15.7 Å². The van der Waals surface area contributed by atoms with Crippen LogP contribution in [0.5, 0.6) is 0 Å². The first-order valence-electron chi connectivity index (χ1n) is 6.09. The number of likely N-dealkylation sites (N-methyl/N-ethyl adjacent to an activating group) is 1. The number of hydrogen-bond donors (Lipinski definition) is 2. The summed E-state index contributed by atoms with van der Waals surface area (Å²) in [6.07, 6.45) is 3.69. The summed E-state index contributed by atoms with van der Waals surface area (Å²) in [6.45, 7) is 4.27. The molecular formula is C12H24N2O2. The summed E-state index contributed by atoms with van der Waals surface area (Å²) in [5.41, 5.74) is 5.13. The third-order valence-corrected chi connectivity index (χ3v) is 3.45. The van der Waals surface area contributed by atoms with Crippen LogP contribution in [0.1, 0.15) is 39.5 Å². The molecule has 3 N–H and O–H groups in total. The molecule has 1 amide bonds. The smallest absolute Gasteiger partial charge is 0.239 e. The number of hydrogen-bond acceptors (Lipinski definition) is 3. The van der Waals surface area contributed by atoms with Gasteiger partial charge in [0.15, 0.2) is 0 Å². The Balaban J connectivity index is 2.51. The van der Waals surface area contributed by atoms with Gasteiger partial charge in [0.05, 0.1) is 11.6 Å². The van der Waals surface area contributed by atoms with Gasteiger partial charge in [0.1, 0.15) is 0 Å². The number of rotatable bonds is 4. The maximum atomic E-state index is 11.9. The summed E-state index contributed by atoms with van der Waals surface area (Å²) in [4.78, 5) is 13.5. The number of amides is 1. The van der Waals surface area contributed by atoms with Crippen molar-refractivity contribution in [3.63, 3.8) is 0 Å². The minimum absolute atomic E-state index is 0.0738. The monoisotopic (exact) mass is 228 g/mol. The average molecular weight is 228 g/mol. The minimum Gasteiger partial charge on any atom is -0.388 e. The highest BCUT2D eigenvalue weighted by Gasteiger charge is 2.34. The van der Waals surface area contributed by atoms with Gasteiger partial charge in [-0.2, -0.15) is 0 Å². The van der Waals surface area contributed by atoms with Crippen molar-refractivity contribution in [3.8, 4) is 0 Å². The zero-order valence-electron chi connectivity index (χ0n) is 10.6. The Hall–Kier alpha value is -0.610. The van der Waals surface area contributed by atoms with Crippen LogP contribution in [0.25, 0.3) is 0 Å². The molecule has 0 aromatic rings. The van der Waals surface area contributed by atoms with Crippen molar-refractivity contribution in [1.29, 1.82) is 0 Å². The number of nitrogens with two attached hydrogens (primary N) is 1. The summed E-state index contributed by atoms with van der Waals surface area (Å²) in [5, 5.41) is 10.2. The molecule has 0 saturated heterocycles. The lowest BCUT2D eigenvalue weighted by molar-refractivity contribution is -0.135. The Labute approximate surface area is 97.8 Å². The molecule has 0 radical (unpaired) electrons. The normalized spacial score (nSPS) is 21.1. The highest BCUT2D eigenvalue weighted by atomic mass is 16.3. The molecule has 16 heavy (non-hydrogen) atoms. The molecule has 1 saturated carbocycles. The first-order chi connectivity index (χ1) is 7.36. The van der Waals surface area contributed by atoms with Gasteiger partial charge in [0, 0.05) is 13.6 Å². The molecular weight excluding hydrogens is 204 g/mol. The molecule has 0 aromatic heterocycles. The molecule has 4 heteroatoms. The van der Waals surface area contributed by atoms with Gasteiger partial charge in [0.2, 0.25) is 5.91 Å². The molecule has 0 heterocycles. The van der Waals surface area contributed by atoms with E-state index in [0.717, 1.165) is 25.7 Å². The second kappa shape index (κ2) is 5.15. The molecule has 4 nitrogen and oxygen atoms in total.